The maximum atomic E-state index is 7.69. The van der Waals surface area contributed by atoms with E-state index in [0.717, 1.165) is 117 Å². The molecule has 18 aromatic rings. The average molecular weight is 1260 g/mol. The monoisotopic (exact) mass is 1260 g/mol. The van der Waals surface area contributed by atoms with Crippen molar-refractivity contribution in [2.24, 2.45) is 0 Å². The molecular weight excluding hydrogens is 1210 g/mol. The molecule has 5 nitrogen and oxygen atoms in total. The summed E-state index contributed by atoms with van der Waals surface area (Å²) in [5.41, 5.74) is 29.7. The number of para-hydroxylation sites is 2. The van der Waals surface area contributed by atoms with Gasteiger partial charge in [0.05, 0.1) is 5.69 Å². The van der Waals surface area contributed by atoms with Crippen molar-refractivity contribution in [2.45, 2.75) is 10.8 Å². The molecule has 0 amide bonds. The lowest BCUT2D eigenvalue weighted by Gasteiger charge is -2.34. The Hall–Kier alpha value is -13.0. The fourth-order valence-electron chi connectivity index (χ4n) is 18.0. The predicted molar refractivity (Wildman–Crippen MR) is 404 cm³/mol. The molecule has 3 heterocycles. The third-order valence-corrected chi connectivity index (χ3v) is 22.0. The number of anilines is 6. The second-order valence-corrected chi connectivity index (χ2v) is 26.9. The van der Waals surface area contributed by atoms with E-state index in [-0.39, 0.29) is 0 Å². The van der Waals surface area contributed by atoms with Gasteiger partial charge in [-0.25, -0.2) is 0 Å². The number of hydrogen-bond acceptors (Lipinski definition) is 5. The lowest BCUT2D eigenvalue weighted by molar-refractivity contribution is 0.506. The highest BCUT2D eigenvalue weighted by molar-refractivity contribution is 6.11. The minimum atomic E-state index is -0.798. The van der Waals surface area contributed by atoms with Gasteiger partial charge >= 0.3 is 0 Å². The van der Waals surface area contributed by atoms with E-state index >= 15 is 0 Å². The van der Waals surface area contributed by atoms with Gasteiger partial charge in [-0.1, -0.05) is 237 Å². The lowest BCUT2D eigenvalue weighted by atomic mass is 9.72. The Bertz CT molecular complexity index is 6360. The maximum Gasteiger partial charge on any atom is 0.137 e. The number of hydrogen-bond donors (Lipinski definition) is 0. The van der Waals surface area contributed by atoms with Crippen molar-refractivity contribution in [1.29, 1.82) is 0 Å². The van der Waals surface area contributed by atoms with Crippen molar-refractivity contribution in [2.75, 3.05) is 9.80 Å². The van der Waals surface area contributed by atoms with Crippen LogP contribution < -0.4 is 9.80 Å². The zero-order valence-electron chi connectivity index (χ0n) is 53.5. The van der Waals surface area contributed by atoms with Gasteiger partial charge in [-0.3, -0.25) is 0 Å². The summed E-state index contributed by atoms with van der Waals surface area (Å²) in [5, 5.41) is 6.67. The van der Waals surface area contributed by atoms with Crippen molar-refractivity contribution < 1.29 is 13.3 Å². The highest BCUT2D eigenvalue weighted by Crippen LogP contribution is 2.68. The fourth-order valence-corrected chi connectivity index (χ4v) is 18.0. The summed E-state index contributed by atoms with van der Waals surface area (Å²) in [6.07, 6.45) is 0. The van der Waals surface area contributed by atoms with Crippen molar-refractivity contribution in [3.05, 3.63) is 385 Å². The van der Waals surface area contributed by atoms with E-state index in [4.69, 9.17) is 13.3 Å². The summed E-state index contributed by atoms with van der Waals surface area (Å²) in [4.78, 5) is 4.83. The highest BCUT2D eigenvalue weighted by atomic mass is 16.3. The van der Waals surface area contributed by atoms with Crippen LogP contribution in [-0.4, -0.2) is 0 Å². The molecule has 4 aliphatic carbocycles. The first-order valence-electron chi connectivity index (χ1n) is 34.1. The molecule has 0 N–H and O–H groups in total. The van der Waals surface area contributed by atoms with Crippen LogP contribution in [0.25, 0.3) is 121 Å². The van der Waals surface area contributed by atoms with E-state index < -0.39 is 10.8 Å². The van der Waals surface area contributed by atoms with Crippen molar-refractivity contribution in [3.8, 4) is 66.8 Å². The van der Waals surface area contributed by atoms with Crippen molar-refractivity contribution >= 4 is 88.8 Å². The molecule has 15 aromatic carbocycles. The van der Waals surface area contributed by atoms with E-state index in [1.807, 2.05) is 0 Å². The number of furan rings is 3. The third kappa shape index (κ3) is 7.37. The summed E-state index contributed by atoms with van der Waals surface area (Å²) in [6.45, 7) is 0. The molecule has 0 atom stereocenters. The standard InChI is InChI=1S/C94H56N2O3/c1-3-20-57(21-4-1)59-38-43-64(44-39-59)96(65-45-40-58-22-7-8-23-60(58)52-65)83-36-19-31-75-88-74-48-41-62(54-86(74)99-92(88)94(90(75)83)80-34-16-11-28-70(80)71-29-12-17-35-81(71)94)61-42-51-85-76(53-61)72-49-46-67(56-87(72)97-85)95(63-24-5-2-6-25-63)66-47-50-82-77(55-66)89-73-30-13-18-37-84(73)98-91(89)93(82)78-32-14-9-26-68(78)69-27-10-15-33-79(69)93/h1-56H. The Morgan fingerprint density at radius 2 is 0.697 bits per heavy atom. The van der Waals surface area contributed by atoms with Gasteiger partial charge in [-0.05, 0) is 191 Å². The Balaban J connectivity index is 0.676. The van der Waals surface area contributed by atoms with E-state index in [0.29, 0.717) is 0 Å². The van der Waals surface area contributed by atoms with Crippen molar-refractivity contribution in [3.63, 3.8) is 0 Å². The van der Waals surface area contributed by atoms with E-state index in [2.05, 4.69) is 350 Å². The SMILES string of the molecule is c1ccc(-c2ccc(N(c3ccc4ccccc4c3)c3cccc4c3C3(c5ccccc5-c5ccccc53)c3oc5cc(-c6ccc7oc8cc(N(c9ccccc9)c9ccc%10c(c9)-c9c(oc%11ccccc9%11)C%109c%10ccccc%10-c%10ccccc%109)ccc8c7c6)ccc5c3-4)cc2)cc1. The minimum Gasteiger partial charge on any atom is -0.459 e. The van der Waals surface area contributed by atoms with Gasteiger partial charge < -0.3 is 23.1 Å². The molecule has 0 fully saturated rings. The van der Waals surface area contributed by atoms with Gasteiger partial charge in [0.15, 0.2) is 0 Å². The normalized spacial score (nSPS) is 13.6. The van der Waals surface area contributed by atoms with Gasteiger partial charge in [-0.2, -0.15) is 0 Å². The molecule has 0 saturated carbocycles. The van der Waals surface area contributed by atoms with Crippen LogP contribution >= 0.6 is 0 Å². The topological polar surface area (TPSA) is 45.9 Å². The predicted octanol–water partition coefficient (Wildman–Crippen LogP) is 25.2. The molecule has 0 bridgehead atoms. The second-order valence-electron chi connectivity index (χ2n) is 26.9. The fraction of sp³-hybridized carbons (Fsp3) is 0.0213. The van der Waals surface area contributed by atoms with Crippen molar-refractivity contribution in [1.82, 2.24) is 0 Å². The second kappa shape index (κ2) is 20.3. The maximum absolute atomic E-state index is 7.69. The zero-order valence-corrected chi connectivity index (χ0v) is 53.5. The van der Waals surface area contributed by atoms with Gasteiger partial charge in [0, 0.05) is 72.7 Å². The molecule has 2 spiro atoms. The first-order chi connectivity index (χ1) is 49.1. The van der Waals surface area contributed by atoms with Crippen LogP contribution in [0.3, 0.4) is 0 Å². The van der Waals surface area contributed by atoms with Crippen LogP contribution in [-0.2, 0) is 10.8 Å². The molecule has 0 saturated heterocycles. The van der Waals surface area contributed by atoms with Crippen LogP contribution in [0.4, 0.5) is 34.1 Å². The molecule has 3 aromatic heterocycles. The molecule has 0 aliphatic heterocycles. The smallest absolute Gasteiger partial charge is 0.137 e. The Kier molecular flexibility index (Phi) is 11.1. The Morgan fingerprint density at radius 3 is 1.44 bits per heavy atom. The zero-order chi connectivity index (χ0) is 64.7. The van der Waals surface area contributed by atoms with Crippen LogP contribution in [0.5, 0.6) is 0 Å². The van der Waals surface area contributed by atoms with Crippen LogP contribution in [0.1, 0.15) is 44.9 Å². The van der Waals surface area contributed by atoms with Gasteiger partial charge in [0.1, 0.15) is 44.7 Å². The highest BCUT2D eigenvalue weighted by Gasteiger charge is 2.58. The summed E-state index contributed by atoms with van der Waals surface area (Å²) < 4.78 is 21.7. The Labute approximate surface area is 570 Å². The molecule has 460 valence electrons. The molecular formula is C94H56N2O3. The molecule has 0 radical (unpaired) electrons. The van der Waals surface area contributed by atoms with E-state index in [1.54, 1.807) is 0 Å². The molecule has 5 heteroatoms. The van der Waals surface area contributed by atoms with E-state index in [1.165, 1.54) is 83.1 Å². The third-order valence-electron chi connectivity index (χ3n) is 22.0. The number of nitrogens with zero attached hydrogens (tertiary/aromatic N) is 2. The van der Waals surface area contributed by atoms with Crippen LogP contribution in [0, 0.1) is 0 Å². The Morgan fingerprint density at radius 1 is 0.222 bits per heavy atom. The molecule has 99 heavy (non-hydrogen) atoms. The largest absolute Gasteiger partial charge is 0.459 e. The number of rotatable bonds is 8. The summed E-state index contributed by atoms with van der Waals surface area (Å²) in [6, 6.07) is 124. The van der Waals surface area contributed by atoms with E-state index in [9.17, 15) is 0 Å². The van der Waals surface area contributed by atoms with Gasteiger partial charge in [0.25, 0.3) is 0 Å². The van der Waals surface area contributed by atoms with Crippen LogP contribution in [0.2, 0.25) is 0 Å². The van der Waals surface area contributed by atoms with Gasteiger partial charge in [0.2, 0.25) is 0 Å². The quantitative estimate of drug-likeness (QED) is 0.152. The van der Waals surface area contributed by atoms with Crippen LogP contribution in [0.15, 0.2) is 353 Å². The molecule has 0 unspecified atom stereocenters. The number of fused-ring (bicyclic) bond motifs is 28. The summed E-state index contributed by atoms with van der Waals surface area (Å²) in [7, 11) is 0. The number of benzene rings is 15. The molecule has 4 aliphatic rings. The molecule has 22 rings (SSSR count). The average Bonchev–Trinajstić information content (AvgIpc) is 1.50. The van der Waals surface area contributed by atoms with Gasteiger partial charge in [-0.15, -0.1) is 0 Å². The summed E-state index contributed by atoms with van der Waals surface area (Å²) in [5.74, 6) is 1.92. The summed E-state index contributed by atoms with van der Waals surface area (Å²) >= 11 is 0. The first kappa shape index (κ1) is 54.3. The lowest BCUT2D eigenvalue weighted by Crippen LogP contribution is -2.28. The first-order valence-corrected chi connectivity index (χ1v) is 34.1. The minimum absolute atomic E-state index is 0.612.